The molecule has 0 saturated heterocycles. The summed E-state index contributed by atoms with van der Waals surface area (Å²) in [5.41, 5.74) is -0.0865. The Labute approximate surface area is 109 Å². The summed E-state index contributed by atoms with van der Waals surface area (Å²) in [6, 6.07) is 4.85. The zero-order valence-corrected chi connectivity index (χ0v) is 10.8. The van der Waals surface area contributed by atoms with Crippen LogP contribution in [-0.2, 0) is 0 Å². The monoisotopic (exact) mass is 263 g/mol. The maximum Gasteiger partial charge on any atom is 0.354 e. The van der Waals surface area contributed by atoms with Gasteiger partial charge in [0.15, 0.2) is 17.2 Å². The third-order valence-electron chi connectivity index (χ3n) is 2.71. The molecule has 1 aromatic carbocycles. The van der Waals surface area contributed by atoms with Gasteiger partial charge in [-0.3, -0.25) is 0 Å². The van der Waals surface area contributed by atoms with Crippen LogP contribution in [-0.4, -0.2) is 37.4 Å². The minimum absolute atomic E-state index is 0.0865. The van der Waals surface area contributed by atoms with Crippen LogP contribution >= 0.6 is 0 Å². The van der Waals surface area contributed by atoms with Crippen molar-refractivity contribution in [1.29, 1.82) is 0 Å². The molecule has 100 valence electrons. The van der Waals surface area contributed by atoms with E-state index in [1.54, 1.807) is 12.1 Å². The van der Waals surface area contributed by atoms with Gasteiger partial charge in [0, 0.05) is 5.39 Å². The van der Waals surface area contributed by atoms with E-state index in [9.17, 15) is 4.79 Å². The summed E-state index contributed by atoms with van der Waals surface area (Å²) in [4.78, 5) is 14.9. The fraction of sp³-hybridized carbons (Fsp3) is 0.231. The van der Waals surface area contributed by atoms with Crippen molar-refractivity contribution in [2.75, 3.05) is 21.3 Å². The number of benzene rings is 1. The van der Waals surface area contributed by atoms with Crippen molar-refractivity contribution in [2.24, 2.45) is 0 Å². The zero-order chi connectivity index (χ0) is 14.0. The van der Waals surface area contributed by atoms with Gasteiger partial charge >= 0.3 is 5.97 Å². The Morgan fingerprint density at radius 2 is 1.68 bits per heavy atom. The van der Waals surface area contributed by atoms with Gasteiger partial charge in [-0.2, -0.15) is 0 Å². The van der Waals surface area contributed by atoms with Crippen LogP contribution < -0.4 is 14.2 Å². The van der Waals surface area contributed by atoms with E-state index in [-0.39, 0.29) is 11.6 Å². The highest BCUT2D eigenvalue weighted by Crippen LogP contribution is 2.35. The summed E-state index contributed by atoms with van der Waals surface area (Å²) in [7, 11) is 4.47. The van der Waals surface area contributed by atoms with Gasteiger partial charge in [0.05, 0.1) is 21.3 Å². The summed E-state index contributed by atoms with van der Waals surface area (Å²) in [5.74, 6) is 0.156. The van der Waals surface area contributed by atoms with Gasteiger partial charge in [0.25, 0.3) is 0 Å². The highest BCUT2D eigenvalue weighted by molar-refractivity contribution is 5.96. The van der Waals surface area contributed by atoms with Gasteiger partial charge in [-0.05, 0) is 23.6 Å². The van der Waals surface area contributed by atoms with Gasteiger partial charge in [0.1, 0.15) is 0 Å². The zero-order valence-electron chi connectivity index (χ0n) is 10.8. The number of nitrogens with zero attached hydrogens (tertiary/aromatic N) is 1. The first-order valence-corrected chi connectivity index (χ1v) is 5.44. The normalized spacial score (nSPS) is 10.3. The largest absolute Gasteiger partial charge is 0.493 e. The molecule has 1 N–H and O–H groups in total. The second-order valence-corrected chi connectivity index (χ2v) is 3.75. The molecule has 6 heteroatoms. The van der Waals surface area contributed by atoms with Gasteiger partial charge < -0.3 is 19.3 Å². The van der Waals surface area contributed by atoms with Crippen LogP contribution in [0, 0.1) is 0 Å². The lowest BCUT2D eigenvalue weighted by molar-refractivity contribution is 0.0690. The van der Waals surface area contributed by atoms with Crippen molar-refractivity contribution in [2.45, 2.75) is 0 Å². The molecule has 2 rings (SSSR count). The molecule has 1 heterocycles. The molecule has 0 aliphatic heterocycles. The standard InChI is InChI=1S/C13H13NO5/c1-17-10-5-7-4-9(13(15)16)14-12(19-3)8(7)6-11(10)18-2/h4-6H,1-3H3,(H,15,16). The van der Waals surface area contributed by atoms with Crippen LogP contribution in [0.5, 0.6) is 17.4 Å². The number of hydrogen-bond donors (Lipinski definition) is 1. The lowest BCUT2D eigenvalue weighted by Crippen LogP contribution is -2.02. The van der Waals surface area contributed by atoms with E-state index in [0.717, 1.165) is 0 Å². The van der Waals surface area contributed by atoms with E-state index in [0.29, 0.717) is 22.3 Å². The lowest BCUT2D eigenvalue weighted by Gasteiger charge is -2.11. The molecular formula is C13H13NO5. The van der Waals surface area contributed by atoms with Crippen LogP contribution in [0.4, 0.5) is 0 Å². The maximum atomic E-state index is 11.0. The Hall–Kier alpha value is -2.50. The number of rotatable bonds is 4. The SMILES string of the molecule is COc1cc2cc(C(=O)O)nc(OC)c2cc1OC. The fourth-order valence-corrected chi connectivity index (χ4v) is 1.81. The number of carboxylic acids is 1. The minimum Gasteiger partial charge on any atom is -0.493 e. The van der Waals surface area contributed by atoms with Crippen LogP contribution in [0.2, 0.25) is 0 Å². The Morgan fingerprint density at radius 3 is 2.21 bits per heavy atom. The molecule has 0 saturated carbocycles. The molecule has 0 radical (unpaired) electrons. The predicted octanol–water partition coefficient (Wildman–Crippen LogP) is 1.96. The van der Waals surface area contributed by atoms with Gasteiger partial charge in [-0.25, -0.2) is 9.78 Å². The quantitative estimate of drug-likeness (QED) is 0.908. The van der Waals surface area contributed by atoms with Crippen LogP contribution in [0.15, 0.2) is 18.2 Å². The van der Waals surface area contributed by atoms with Crippen LogP contribution in [0.25, 0.3) is 10.8 Å². The second-order valence-electron chi connectivity index (χ2n) is 3.75. The maximum absolute atomic E-state index is 11.0. The highest BCUT2D eigenvalue weighted by Gasteiger charge is 2.14. The number of carbonyl (C=O) groups is 1. The third kappa shape index (κ3) is 2.24. The van der Waals surface area contributed by atoms with Crippen molar-refractivity contribution in [3.8, 4) is 17.4 Å². The topological polar surface area (TPSA) is 77.9 Å². The first-order chi connectivity index (χ1) is 9.10. The molecule has 0 atom stereocenters. The Bertz CT molecular complexity index is 638. The fourth-order valence-electron chi connectivity index (χ4n) is 1.81. The molecule has 19 heavy (non-hydrogen) atoms. The van der Waals surface area contributed by atoms with E-state index in [2.05, 4.69) is 4.98 Å². The number of carboxylic acid groups (broad SMARTS) is 1. The van der Waals surface area contributed by atoms with Crippen LogP contribution in [0.1, 0.15) is 10.5 Å². The molecule has 0 bridgehead atoms. The number of aromatic nitrogens is 1. The average Bonchev–Trinajstić information content (AvgIpc) is 2.44. The number of fused-ring (bicyclic) bond motifs is 1. The molecule has 0 spiro atoms. The molecular weight excluding hydrogens is 250 g/mol. The summed E-state index contributed by atoms with van der Waals surface area (Å²) in [6.07, 6.45) is 0. The van der Waals surface area contributed by atoms with Crippen molar-refractivity contribution in [3.63, 3.8) is 0 Å². The van der Waals surface area contributed by atoms with Crippen molar-refractivity contribution >= 4 is 16.7 Å². The molecule has 0 amide bonds. The van der Waals surface area contributed by atoms with E-state index in [1.807, 2.05) is 0 Å². The van der Waals surface area contributed by atoms with Gasteiger partial charge in [-0.15, -0.1) is 0 Å². The molecule has 2 aromatic rings. The molecule has 0 aliphatic rings. The Morgan fingerprint density at radius 1 is 1.05 bits per heavy atom. The minimum atomic E-state index is -1.12. The number of aromatic carboxylic acids is 1. The molecule has 6 nitrogen and oxygen atoms in total. The lowest BCUT2D eigenvalue weighted by atomic mass is 10.1. The molecule has 0 unspecified atom stereocenters. The van der Waals surface area contributed by atoms with E-state index in [1.165, 1.54) is 27.4 Å². The number of pyridine rings is 1. The van der Waals surface area contributed by atoms with Gasteiger partial charge in [-0.1, -0.05) is 0 Å². The molecule has 1 aromatic heterocycles. The Balaban J connectivity index is 2.78. The highest BCUT2D eigenvalue weighted by atomic mass is 16.5. The smallest absolute Gasteiger partial charge is 0.354 e. The predicted molar refractivity (Wildman–Crippen MR) is 68.4 cm³/mol. The van der Waals surface area contributed by atoms with Crippen LogP contribution in [0.3, 0.4) is 0 Å². The summed E-state index contributed by atoms with van der Waals surface area (Å²) < 4.78 is 15.5. The summed E-state index contributed by atoms with van der Waals surface area (Å²) in [6.45, 7) is 0. The van der Waals surface area contributed by atoms with E-state index in [4.69, 9.17) is 19.3 Å². The number of hydrogen-bond acceptors (Lipinski definition) is 5. The van der Waals surface area contributed by atoms with Gasteiger partial charge in [0.2, 0.25) is 5.88 Å². The number of ether oxygens (including phenoxy) is 3. The molecule has 0 aliphatic carbocycles. The van der Waals surface area contributed by atoms with E-state index >= 15 is 0 Å². The van der Waals surface area contributed by atoms with Crippen molar-refractivity contribution in [3.05, 3.63) is 23.9 Å². The van der Waals surface area contributed by atoms with E-state index < -0.39 is 5.97 Å². The van der Waals surface area contributed by atoms with Crippen molar-refractivity contribution < 1.29 is 24.1 Å². The van der Waals surface area contributed by atoms with Crippen molar-refractivity contribution in [1.82, 2.24) is 4.98 Å². The number of methoxy groups -OCH3 is 3. The first-order valence-electron chi connectivity index (χ1n) is 5.44. The first kappa shape index (κ1) is 12.9. The molecule has 0 fully saturated rings. The average molecular weight is 263 g/mol. The third-order valence-corrected chi connectivity index (χ3v) is 2.71. The Kier molecular flexibility index (Phi) is 3.41. The summed E-state index contributed by atoms with van der Waals surface area (Å²) in [5, 5.41) is 10.3. The summed E-state index contributed by atoms with van der Waals surface area (Å²) >= 11 is 0. The second kappa shape index (κ2) is 5.01.